The second-order valence-corrected chi connectivity index (χ2v) is 13.2. The molecule has 0 spiro atoms. The van der Waals surface area contributed by atoms with E-state index in [0.717, 1.165) is 77.6 Å². The van der Waals surface area contributed by atoms with Gasteiger partial charge in [-0.05, 0) is 64.9 Å². The Balaban J connectivity index is 1.17. The van der Waals surface area contributed by atoms with Crippen LogP contribution in [-0.4, -0.2) is 15.0 Å². The molecule has 5 heteroatoms. The average Bonchev–Trinajstić information content (AvgIpc) is 3.66. The van der Waals surface area contributed by atoms with E-state index in [0.29, 0.717) is 17.5 Å². The highest BCUT2D eigenvalue weighted by molar-refractivity contribution is 6.25. The molecule has 2 heterocycles. The summed E-state index contributed by atoms with van der Waals surface area (Å²) in [5, 5.41) is 4.25. The number of nitrogens with zero attached hydrogens (tertiary/aromatic N) is 4. The summed E-state index contributed by atoms with van der Waals surface area (Å²) >= 11 is 0. The molecule has 8 aromatic carbocycles. The minimum absolute atomic E-state index is 0.594. The molecule has 5 nitrogen and oxygen atoms in total. The Morgan fingerprint density at radius 2 is 0.889 bits per heavy atom. The van der Waals surface area contributed by atoms with Crippen molar-refractivity contribution in [1.82, 2.24) is 15.0 Å². The lowest BCUT2D eigenvalue weighted by Gasteiger charge is -2.25. The normalized spacial score (nSPS) is 11.3. The molecule has 0 unspecified atom stereocenters. The number of benzene rings is 8. The van der Waals surface area contributed by atoms with E-state index in [9.17, 15) is 0 Å². The monoisotopic (exact) mass is 692 g/mol. The maximum absolute atomic E-state index is 6.87. The third kappa shape index (κ3) is 5.56. The summed E-state index contributed by atoms with van der Waals surface area (Å²) in [5.74, 6) is 1.83. The van der Waals surface area contributed by atoms with Crippen molar-refractivity contribution < 1.29 is 4.42 Å². The molecule has 0 bridgehead atoms. The largest absolute Gasteiger partial charge is 0.455 e. The van der Waals surface area contributed by atoms with Crippen LogP contribution in [-0.2, 0) is 0 Å². The highest BCUT2D eigenvalue weighted by Crippen LogP contribution is 2.45. The third-order valence-corrected chi connectivity index (χ3v) is 9.90. The molecule has 0 aliphatic rings. The average molecular weight is 693 g/mol. The lowest BCUT2D eigenvalue weighted by atomic mass is 9.95. The van der Waals surface area contributed by atoms with Gasteiger partial charge in [-0.2, -0.15) is 0 Å². The fourth-order valence-corrected chi connectivity index (χ4v) is 7.39. The van der Waals surface area contributed by atoms with E-state index in [4.69, 9.17) is 19.4 Å². The molecular formula is C49H32N4O. The predicted molar refractivity (Wildman–Crippen MR) is 221 cm³/mol. The zero-order chi connectivity index (χ0) is 35.8. The smallest absolute Gasteiger partial charge is 0.164 e. The highest BCUT2D eigenvalue weighted by atomic mass is 16.3. The summed E-state index contributed by atoms with van der Waals surface area (Å²) in [6.45, 7) is 0. The van der Waals surface area contributed by atoms with Crippen molar-refractivity contribution in [2.24, 2.45) is 0 Å². The standard InChI is InChI=1S/C49H32N4O/c1-5-16-34(17-6-1)47-50-48(35-18-7-2-8-19-35)52-49(51-47)41-26-15-27-43-44(41)45-40-25-14-13-20-36(40)32-42(46(45)54-43)33-28-30-39(31-29-33)53(37-21-9-3-10-22-37)38-23-11-4-12-24-38/h1-32H. The predicted octanol–water partition coefficient (Wildman–Crippen LogP) is 13.1. The van der Waals surface area contributed by atoms with Gasteiger partial charge >= 0.3 is 0 Å². The molecule has 0 aliphatic heterocycles. The van der Waals surface area contributed by atoms with Crippen molar-refractivity contribution in [2.45, 2.75) is 0 Å². The van der Waals surface area contributed by atoms with Crippen molar-refractivity contribution in [3.8, 4) is 45.3 Å². The number of hydrogen-bond acceptors (Lipinski definition) is 5. The van der Waals surface area contributed by atoms with E-state index in [1.807, 2.05) is 84.9 Å². The van der Waals surface area contributed by atoms with Crippen molar-refractivity contribution in [3.05, 3.63) is 194 Å². The summed E-state index contributed by atoms with van der Waals surface area (Å²) in [4.78, 5) is 17.4. The summed E-state index contributed by atoms with van der Waals surface area (Å²) in [6.07, 6.45) is 0. The minimum atomic E-state index is 0.594. The van der Waals surface area contributed by atoms with Crippen LogP contribution in [0.25, 0.3) is 78.0 Å². The molecule has 0 N–H and O–H groups in total. The Hall–Kier alpha value is -7.37. The second kappa shape index (κ2) is 13.3. The van der Waals surface area contributed by atoms with Gasteiger partial charge in [0.05, 0.1) is 0 Å². The van der Waals surface area contributed by atoms with E-state index in [1.54, 1.807) is 0 Å². The lowest BCUT2D eigenvalue weighted by molar-refractivity contribution is 0.670. The van der Waals surface area contributed by atoms with Gasteiger partial charge in [0.15, 0.2) is 17.5 Å². The third-order valence-electron chi connectivity index (χ3n) is 9.90. The van der Waals surface area contributed by atoms with Crippen LogP contribution >= 0.6 is 0 Å². The highest BCUT2D eigenvalue weighted by Gasteiger charge is 2.22. The van der Waals surface area contributed by atoms with Crippen LogP contribution in [0.4, 0.5) is 17.1 Å². The van der Waals surface area contributed by atoms with Gasteiger partial charge in [-0.1, -0.05) is 146 Å². The molecule has 10 rings (SSSR count). The van der Waals surface area contributed by atoms with Gasteiger partial charge in [0.2, 0.25) is 0 Å². The van der Waals surface area contributed by atoms with E-state index in [1.165, 1.54) is 0 Å². The van der Waals surface area contributed by atoms with Crippen molar-refractivity contribution >= 4 is 49.8 Å². The summed E-state index contributed by atoms with van der Waals surface area (Å²) in [6, 6.07) is 66.8. The van der Waals surface area contributed by atoms with Gasteiger partial charge < -0.3 is 9.32 Å². The number of anilines is 3. The van der Waals surface area contributed by atoms with Gasteiger partial charge in [-0.3, -0.25) is 0 Å². The van der Waals surface area contributed by atoms with Crippen LogP contribution in [0.15, 0.2) is 199 Å². The van der Waals surface area contributed by atoms with Crippen molar-refractivity contribution in [1.29, 1.82) is 0 Å². The topological polar surface area (TPSA) is 55.1 Å². The van der Waals surface area contributed by atoms with Crippen LogP contribution in [0.2, 0.25) is 0 Å². The molecule has 254 valence electrons. The van der Waals surface area contributed by atoms with Gasteiger partial charge in [-0.25, -0.2) is 15.0 Å². The van der Waals surface area contributed by atoms with Crippen LogP contribution in [0.1, 0.15) is 0 Å². The molecule has 0 saturated carbocycles. The molecule has 0 radical (unpaired) electrons. The molecule has 54 heavy (non-hydrogen) atoms. The molecule has 0 saturated heterocycles. The van der Waals surface area contributed by atoms with Crippen molar-refractivity contribution in [2.75, 3.05) is 4.90 Å². The van der Waals surface area contributed by atoms with Crippen LogP contribution in [0, 0.1) is 0 Å². The van der Waals surface area contributed by atoms with Gasteiger partial charge in [0, 0.05) is 50.1 Å². The van der Waals surface area contributed by atoms with E-state index in [2.05, 4.69) is 114 Å². The first-order chi connectivity index (χ1) is 26.8. The summed E-state index contributed by atoms with van der Waals surface area (Å²) < 4.78 is 6.87. The number of fused-ring (bicyclic) bond motifs is 5. The number of hydrogen-bond donors (Lipinski definition) is 0. The SMILES string of the molecule is c1ccc(-c2nc(-c3ccccc3)nc(-c3cccc4oc5c(-c6ccc(N(c7ccccc7)c7ccccc7)cc6)cc6ccccc6c5c34)n2)cc1. The first-order valence-electron chi connectivity index (χ1n) is 18.0. The van der Waals surface area contributed by atoms with Gasteiger partial charge in [0.25, 0.3) is 0 Å². The van der Waals surface area contributed by atoms with E-state index in [-0.39, 0.29) is 0 Å². The van der Waals surface area contributed by atoms with E-state index < -0.39 is 0 Å². The zero-order valence-electron chi connectivity index (χ0n) is 29.2. The first-order valence-corrected chi connectivity index (χ1v) is 18.0. The molecule has 0 atom stereocenters. The molecule has 0 aliphatic carbocycles. The first kappa shape index (κ1) is 31.4. The quantitative estimate of drug-likeness (QED) is 0.166. The van der Waals surface area contributed by atoms with Gasteiger partial charge in [0.1, 0.15) is 11.2 Å². The number of para-hydroxylation sites is 2. The van der Waals surface area contributed by atoms with Crippen LogP contribution in [0.3, 0.4) is 0 Å². The summed E-state index contributed by atoms with van der Waals surface area (Å²) in [7, 11) is 0. The van der Waals surface area contributed by atoms with Gasteiger partial charge in [-0.15, -0.1) is 0 Å². The molecule has 10 aromatic rings. The fraction of sp³-hybridized carbons (Fsp3) is 0. The molecular weight excluding hydrogens is 661 g/mol. The number of rotatable bonds is 7. The number of aromatic nitrogens is 3. The maximum Gasteiger partial charge on any atom is 0.164 e. The minimum Gasteiger partial charge on any atom is -0.455 e. The molecule has 0 amide bonds. The molecule has 2 aromatic heterocycles. The van der Waals surface area contributed by atoms with Crippen molar-refractivity contribution in [3.63, 3.8) is 0 Å². The van der Waals surface area contributed by atoms with Crippen LogP contribution < -0.4 is 4.90 Å². The second-order valence-electron chi connectivity index (χ2n) is 13.2. The Bertz CT molecular complexity index is 2810. The fourth-order valence-electron chi connectivity index (χ4n) is 7.39. The number of furan rings is 1. The summed E-state index contributed by atoms with van der Waals surface area (Å²) in [5.41, 5.74) is 9.70. The molecule has 0 fully saturated rings. The zero-order valence-corrected chi connectivity index (χ0v) is 29.2. The van der Waals surface area contributed by atoms with E-state index >= 15 is 0 Å². The Labute approximate surface area is 312 Å². The Morgan fingerprint density at radius 3 is 1.50 bits per heavy atom. The Kier molecular flexibility index (Phi) is 7.73. The lowest BCUT2D eigenvalue weighted by Crippen LogP contribution is -2.09. The maximum atomic E-state index is 6.87. The Morgan fingerprint density at radius 1 is 0.370 bits per heavy atom. The van der Waals surface area contributed by atoms with Crippen LogP contribution in [0.5, 0.6) is 0 Å².